The highest BCUT2D eigenvalue weighted by atomic mass is 16.5. The summed E-state index contributed by atoms with van der Waals surface area (Å²) in [7, 11) is 0. The maximum Gasteiger partial charge on any atom is 0.192 e. The van der Waals surface area contributed by atoms with Crippen molar-refractivity contribution in [2.24, 2.45) is 28.6 Å². The van der Waals surface area contributed by atoms with Crippen LogP contribution in [-0.4, -0.2) is 55.9 Å². The fraction of sp³-hybridized carbons (Fsp3) is 0.689. The first-order valence-electron chi connectivity index (χ1n) is 20.2. The Morgan fingerprint density at radius 1 is 1.02 bits per heavy atom. The lowest BCUT2D eigenvalue weighted by Crippen LogP contribution is -2.62. The van der Waals surface area contributed by atoms with Crippen molar-refractivity contribution in [3.8, 4) is 0 Å². The van der Waals surface area contributed by atoms with Crippen molar-refractivity contribution >= 4 is 28.0 Å². The first kappa shape index (κ1) is 35.1. The van der Waals surface area contributed by atoms with Crippen molar-refractivity contribution in [2.75, 3.05) is 0 Å². The molecule has 4 heterocycles. The van der Waals surface area contributed by atoms with E-state index in [1.807, 2.05) is 13.8 Å². The van der Waals surface area contributed by atoms with Gasteiger partial charge in [0.2, 0.25) is 0 Å². The Bertz CT molecular complexity index is 2000. The number of allylic oxidation sites excluding steroid dienone is 1. The van der Waals surface area contributed by atoms with Gasteiger partial charge in [0.1, 0.15) is 11.8 Å². The molecule has 3 fully saturated rings. The first-order valence-corrected chi connectivity index (χ1v) is 20.2. The van der Waals surface area contributed by atoms with Crippen LogP contribution in [-0.2, 0) is 26.1 Å². The Morgan fingerprint density at radius 3 is 2.44 bits per heavy atom. The highest BCUT2D eigenvalue weighted by molar-refractivity contribution is 6.18. The summed E-state index contributed by atoms with van der Waals surface area (Å²) in [4.78, 5) is 27.4. The molecule has 2 aromatic rings. The summed E-state index contributed by atoms with van der Waals surface area (Å²) in [6.07, 6.45) is 8.10. The molecule has 1 aromatic carbocycles. The second kappa shape index (κ2) is 10.8. The molecule has 2 N–H and O–H groups in total. The van der Waals surface area contributed by atoms with E-state index < -0.39 is 29.5 Å². The Morgan fingerprint density at radius 2 is 1.75 bits per heavy atom. The zero-order valence-corrected chi connectivity index (χ0v) is 32.8. The molecule has 7 aliphatic rings. The maximum atomic E-state index is 14.9. The molecular weight excluding hydrogens is 650 g/mol. The average molecular weight is 710 g/mol. The van der Waals surface area contributed by atoms with Crippen LogP contribution < -0.4 is 0 Å². The Balaban J connectivity index is 1.21. The number of aliphatic hydroxyl groups is 2. The maximum absolute atomic E-state index is 14.9. The van der Waals surface area contributed by atoms with Gasteiger partial charge in [0.15, 0.2) is 5.78 Å². The highest BCUT2D eigenvalue weighted by Gasteiger charge is 2.68. The quantitative estimate of drug-likeness (QED) is 0.309. The molecule has 4 aliphatic carbocycles. The molecule has 7 heteroatoms. The second-order valence-corrected chi connectivity index (χ2v) is 20.0. The van der Waals surface area contributed by atoms with E-state index in [1.54, 1.807) is 0 Å². The molecule has 52 heavy (non-hydrogen) atoms. The molecule has 9 rings (SSSR count). The van der Waals surface area contributed by atoms with Crippen molar-refractivity contribution in [1.29, 1.82) is 0 Å². The first-order chi connectivity index (χ1) is 24.2. The van der Waals surface area contributed by atoms with Crippen LogP contribution in [0.2, 0.25) is 0 Å². The van der Waals surface area contributed by atoms with Crippen molar-refractivity contribution in [3.05, 3.63) is 52.2 Å². The summed E-state index contributed by atoms with van der Waals surface area (Å²) in [6, 6.07) is 1.81. The summed E-state index contributed by atoms with van der Waals surface area (Å²) in [5, 5.41) is 25.3. The number of hydrogen-bond acceptors (Lipinski definition) is 6. The molecule has 0 bridgehead atoms. The summed E-state index contributed by atoms with van der Waals surface area (Å²) in [5.74, 6) is 0.755. The number of ether oxygens (including phenoxy) is 2. The van der Waals surface area contributed by atoms with Gasteiger partial charge in [-0.2, -0.15) is 0 Å². The molecule has 4 unspecified atom stereocenters. The second-order valence-electron chi connectivity index (χ2n) is 20.0. The number of ketones is 2. The lowest BCUT2D eigenvalue weighted by molar-refractivity contribution is -0.172. The number of nitrogens with zero attached hydrogens (tertiary/aromatic N) is 1. The predicted molar refractivity (Wildman–Crippen MR) is 202 cm³/mol. The molecule has 0 spiro atoms. The molecule has 2 saturated carbocycles. The molecule has 0 amide bonds. The molecule has 3 aliphatic heterocycles. The zero-order chi connectivity index (χ0) is 37.2. The molecule has 11 atom stereocenters. The van der Waals surface area contributed by atoms with Gasteiger partial charge in [-0.25, -0.2) is 0 Å². The molecular formula is C45H59NO6. The molecule has 7 nitrogen and oxygen atoms in total. The van der Waals surface area contributed by atoms with Crippen molar-refractivity contribution in [1.82, 2.24) is 4.57 Å². The molecule has 280 valence electrons. The fourth-order valence-corrected chi connectivity index (χ4v) is 14.0. The van der Waals surface area contributed by atoms with Gasteiger partial charge in [0.25, 0.3) is 0 Å². The van der Waals surface area contributed by atoms with Gasteiger partial charge < -0.3 is 24.3 Å². The summed E-state index contributed by atoms with van der Waals surface area (Å²) < 4.78 is 15.2. The van der Waals surface area contributed by atoms with E-state index in [4.69, 9.17) is 9.47 Å². The summed E-state index contributed by atoms with van der Waals surface area (Å²) >= 11 is 0. The van der Waals surface area contributed by atoms with Gasteiger partial charge in [-0.3, -0.25) is 9.59 Å². The minimum absolute atomic E-state index is 0.0492. The number of rotatable bonds is 4. The Hall–Kier alpha value is -2.58. The monoisotopic (exact) mass is 709 g/mol. The largest absolute Gasteiger partial charge is 0.393 e. The van der Waals surface area contributed by atoms with E-state index in [1.165, 1.54) is 16.6 Å². The molecule has 1 aromatic heterocycles. The van der Waals surface area contributed by atoms with E-state index in [-0.39, 0.29) is 51.9 Å². The van der Waals surface area contributed by atoms with Crippen LogP contribution >= 0.6 is 0 Å². The summed E-state index contributed by atoms with van der Waals surface area (Å²) in [5.41, 5.74) is 6.22. The van der Waals surface area contributed by atoms with Gasteiger partial charge in [-0.1, -0.05) is 32.9 Å². The lowest BCUT2D eigenvalue weighted by atomic mass is 9.40. The smallest absolute Gasteiger partial charge is 0.192 e. The molecule has 1 saturated heterocycles. The van der Waals surface area contributed by atoms with Crippen LogP contribution in [0.15, 0.2) is 24.3 Å². The van der Waals surface area contributed by atoms with E-state index in [9.17, 15) is 19.8 Å². The summed E-state index contributed by atoms with van der Waals surface area (Å²) in [6.45, 7) is 24.0. The van der Waals surface area contributed by atoms with Crippen LogP contribution in [0.1, 0.15) is 159 Å². The third-order valence-corrected chi connectivity index (χ3v) is 16.1. The lowest BCUT2D eigenvalue weighted by Gasteiger charge is -2.65. The number of aromatic nitrogens is 1. The Labute approximate surface area is 309 Å². The SMILES string of the molecule is C=C(C)[C@H]1C(=O)c2c3c(cc4c5c(n1c24)[C@@]1(C)C(CC[C@H]2[C@](C)(CCC4CC(=O)CC(C)O4)[C@@H](O)CC[C@@]21C)C5)C1=CC(C)(C)OC(C)(C)C1[C@@H]3O. The third kappa shape index (κ3) is 4.29. The standard InChI is InChI=1S/C45H59NO6/c1-22(2)36-39(50)34-33-27(30-21-41(4,5)52-42(6,7)35(30)38(33)49)20-28-29-18-24-11-12-31-43(8,15-13-26-19-25(47)17-23(3)51-26)32(48)14-16-44(31,9)45(24,10)40(29)46(36)37(28)34/h20-21,23-24,26,31-32,35-36,38,48-49H,1,11-19H2,2-10H3/t23?,24?,26?,31-,32-,35?,36-,38+,43-,44-,45+/m0/s1. The fourth-order valence-electron chi connectivity index (χ4n) is 14.0. The number of fused-ring (bicyclic) bond motifs is 11. The number of carbonyl (C=O) groups excluding carboxylic acids is 2. The molecule has 0 radical (unpaired) electrons. The van der Waals surface area contributed by atoms with Crippen LogP contribution in [0.4, 0.5) is 0 Å². The average Bonchev–Trinajstić information content (AvgIpc) is 3.70. The number of Topliss-reactive ketones (excluding diaryl/α,β-unsaturated/α-hetero) is 2. The number of hydrogen-bond donors (Lipinski definition) is 2. The van der Waals surface area contributed by atoms with E-state index in [2.05, 4.69) is 71.8 Å². The van der Waals surface area contributed by atoms with E-state index in [0.29, 0.717) is 24.3 Å². The van der Waals surface area contributed by atoms with Crippen LogP contribution in [0.5, 0.6) is 0 Å². The third-order valence-electron chi connectivity index (χ3n) is 16.1. The van der Waals surface area contributed by atoms with Crippen molar-refractivity contribution < 1.29 is 29.3 Å². The number of benzene rings is 1. The van der Waals surface area contributed by atoms with Gasteiger partial charge in [0, 0.05) is 40.8 Å². The van der Waals surface area contributed by atoms with Gasteiger partial charge in [-0.15, -0.1) is 0 Å². The zero-order valence-electron chi connectivity index (χ0n) is 32.8. The van der Waals surface area contributed by atoms with Crippen LogP contribution in [0, 0.1) is 28.6 Å². The van der Waals surface area contributed by atoms with Gasteiger partial charge in [-0.05, 0) is 138 Å². The van der Waals surface area contributed by atoms with Crippen LogP contribution in [0.25, 0.3) is 16.5 Å². The van der Waals surface area contributed by atoms with Gasteiger partial charge in [0.05, 0.1) is 46.7 Å². The Kier molecular flexibility index (Phi) is 7.30. The van der Waals surface area contributed by atoms with Crippen molar-refractivity contribution in [2.45, 2.75) is 167 Å². The highest BCUT2D eigenvalue weighted by Crippen LogP contribution is 2.72. The van der Waals surface area contributed by atoms with Gasteiger partial charge >= 0.3 is 0 Å². The van der Waals surface area contributed by atoms with Crippen molar-refractivity contribution in [3.63, 3.8) is 0 Å². The topological polar surface area (TPSA) is 98.0 Å². The van der Waals surface area contributed by atoms with E-state index >= 15 is 0 Å². The van der Waals surface area contributed by atoms with Crippen LogP contribution in [0.3, 0.4) is 0 Å². The van der Waals surface area contributed by atoms with E-state index in [0.717, 1.165) is 72.7 Å². The predicted octanol–water partition coefficient (Wildman–Crippen LogP) is 8.51. The normalized spacial score (nSPS) is 42.4. The number of aliphatic hydroxyl groups excluding tert-OH is 2. The minimum Gasteiger partial charge on any atom is -0.393 e. The number of carbonyl (C=O) groups is 2. The minimum atomic E-state index is -0.843.